The molecule has 1 aliphatic heterocycles. The molecule has 0 aromatic carbocycles. The van der Waals surface area contributed by atoms with E-state index in [-0.39, 0.29) is 12.1 Å². The van der Waals surface area contributed by atoms with Crippen molar-refractivity contribution in [2.24, 2.45) is 0 Å². The quantitative estimate of drug-likeness (QED) is 0.511. The zero-order valence-corrected chi connectivity index (χ0v) is 12.0. The average Bonchev–Trinajstić information content (AvgIpc) is 2.67. The number of hydrogen-bond donors (Lipinski definition) is 1. The van der Waals surface area contributed by atoms with Crippen molar-refractivity contribution in [2.75, 3.05) is 25.5 Å². The van der Waals surface area contributed by atoms with Gasteiger partial charge in [-0.25, -0.2) is 4.31 Å². The largest absolute Gasteiger partial charge is 0.391 e. The topological polar surface area (TPSA) is 32.7 Å². The molecule has 0 bridgehead atoms. The Morgan fingerprint density at radius 3 is 2.76 bits per heavy atom. The van der Waals surface area contributed by atoms with Crippen LogP contribution in [-0.2, 0) is 4.74 Å². The van der Waals surface area contributed by atoms with E-state index in [1.165, 1.54) is 19.3 Å². The Kier molecular flexibility index (Phi) is 8.27. The van der Waals surface area contributed by atoms with Crippen LogP contribution in [0.1, 0.15) is 46.0 Å². The van der Waals surface area contributed by atoms with Crippen molar-refractivity contribution in [1.82, 2.24) is 4.31 Å². The van der Waals surface area contributed by atoms with Crippen molar-refractivity contribution in [3.8, 4) is 0 Å². The fraction of sp³-hybridized carbons (Fsp3) is 1.00. The van der Waals surface area contributed by atoms with Crippen molar-refractivity contribution < 1.29 is 9.84 Å². The molecule has 0 aliphatic carbocycles. The van der Waals surface area contributed by atoms with Gasteiger partial charge in [-0.1, -0.05) is 38.6 Å². The minimum atomic E-state index is -0.203. The Bertz CT molecular complexity index is 192. The van der Waals surface area contributed by atoms with Crippen molar-refractivity contribution in [1.29, 1.82) is 0 Å². The number of nitrogens with zero attached hydrogens (tertiary/aromatic N) is 1. The van der Waals surface area contributed by atoms with Gasteiger partial charge < -0.3 is 9.84 Å². The summed E-state index contributed by atoms with van der Waals surface area (Å²) in [5.74, 6) is 1.16. The normalized spacial score (nSPS) is 25.6. The molecule has 0 saturated carbocycles. The van der Waals surface area contributed by atoms with Crippen molar-refractivity contribution >= 4 is 11.9 Å². The molecule has 2 unspecified atom stereocenters. The second-order valence-corrected chi connectivity index (χ2v) is 5.81. The molecule has 1 aliphatic rings. The summed E-state index contributed by atoms with van der Waals surface area (Å²) in [6.45, 7) is 6.89. The predicted octanol–water partition coefficient (Wildman–Crippen LogP) is 2.69. The molecule has 4 heteroatoms. The molecule has 0 spiro atoms. The van der Waals surface area contributed by atoms with Crippen molar-refractivity contribution in [2.45, 2.75) is 58.1 Å². The summed E-state index contributed by atoms with van der Waals surface area (Å²) in [6, 6.07) is 0.203. The fourth-order valence-electron chi connectivity index (χ4n) is 1.94. The first kappa shape index (κ1) is 15.3. The summed E-state index contributed by atoms with van der Waals surface area (Å²) in [5, 5.41) is 9.94. The molecule has 3 nitrogen and oxygen atoms in total. The zero-order chi connectivity index (χ0) is 12.5. The summed E-state index contributed by atoms with van der Waals surface area (Å²) in [7, 11) is 0. The second kappa shape index (κ2) is 9.20. The third-order valence-corrected chi connectivity index (χ3v) is 4.40. The lowest BCUT2D eigenvalue weighted by Crippen LogP contribution is -2.35. The molecular weight excluding hydrogens is 234 g/mol. The lowest BCUT2D eigenvalue weighted by Gasteiger charge is -2.24. The molecule has 1 fully saturated rings. The van der Waals surface area contributed by atoms with Crippen molar-refractivity contribution in [3.63, 3.8) is 0 Å². The molecule has 0 aromatic heterocycles. The first-order chi connectivity index (χ1) is 8.29. The third kappa shape index (κ3) is 5.60. The zero-order valence-electron chi connectivity index (χ0n) is 11.2. The standard InChI is InChI=1S/C13H27NO2S/c1-3-5-9-16-11-12-13(15)7-8-14(12)17-10-6-4-2/h12-13,15H,3-11H2,1-2H3. The molecule has 2 atom stereocenters. The van der Waals surface area contributed by atoms with Gasteiger partial charge >= 0.3 is 0 Å². The van der Waals surface area contributed by atoms with Gasteiger partial charge in [0.25, 0.3) is 0 Å². The van der Waals surface area contributed by atoms with Gasteiger partial charge in [0.2, 0.25) is 0 Å². The van der Waals surface area contributed by atoms with Crippen LogP contribution in [0.25, 0.3) is 0 Å². The number of unbranched alkanes of at least 4 members (excludes halogenated alkanes) is 2. The van der Waals surface area contributed by atoms with Crippen LogP contribution in [-0.4, -0.2) is 47.1 Å². The highest BCUT2D eigenvalue weighted by Crippen LogP contribution is 2.26. The van der Waals surface area contributed by atoms with Crippen LogP contribution in [0.5, 0.6) is 0 Å². The highest BCUT2D eigenvalue weighted by atomic mass is 32.2. The van der Waals surface area contributed by atoms with E-state index in [0.29, 0.717) is 6.61 Å². The van der Waals surface area contributed by atoms with Crippen LogP contribution in [0.4, 0.5) is 0 Å². The van der Waals surface area contributed by atoms with E-state index >= 15 is 0 Å². The smallest absolute Gasteiger partial charge is 0.0739 e. The number of aliphatic hydroxyl groups is 1. The predicted molar refractivity (Wildman–Crippen MR) is 74.2 cm³/mol. The van der Waals surface area contributed by atoms with E-state index in [9.17, 15) is 5.11 Å². The van der Waals surface area contributed by atoms with Crippen LogP contribution in [0, 0.1) is 0 Å². The van der Waals surface area contributed by atoms with Crippen LogP contribution in [0.2, 0.25) is 0 Å². The SMILES string of the molecule is CCCCOCC1C(O)CCN1SCCCC. The molecule has 17 heavy (non-hydrogen) atoms. The highest BCUT2D eigenvalue weighted by Gasteiger charge is 2.33. The molecule has 1 rings (SSSR count). The maximum Gasteiger partial charge on any atom is 0.0739 e. The Labute approximate surface area is 110 Å². The Morgan fingerprint density at radius 2 is 2.06 bits per heavy atom. The lowest BCUT2D eigenvalue weighted by atomic mass is 10.2. The average molecular weight is 261 g/mol. The monoisotopic (exact) mass is 261 g/mol. The van der Waals surface area contributed by atoms with E-state index in [1.54, 1.807) is 0 Å². The minimum absolute atomic E-state index is 0.203. The molecular formula is C13H27NO2S. The molecule has 1 heterocycles. The van der Waals surface area contributed by atoms with E-state index in [1.807, 2.05) is 11.9 Å². The highest BCUT2D eigenvalue weighted by molar-refractivity contribution is 7.97. The van der Waals surface area contributed by atoms with Gasteiger partial charge in [-0.2, -0.15) is 0 Å². The van der Waals surface area contributed by atoms with E-state index in [4.69, 9.17) is 4.74 Å². The van der Waals surface area contributed by atoms with Gasteiger partial charge in [-0.15, -0.1) is 0 Å². The maximum atomic E-state index is 9.94. The van der Waals surface area contributed by atoms with Gasteiger partial charge in [0.1, 0.15) is 0 Å². The summed E-state index contributed by atoms with van der Waals surface area (Å²) < 4.78 is 7.98. The van der Waals surface area contributed by atoms with Gasteiger partial charge in [0, 0.05) is 18.9 Å². The summed E-state index contributed by atoms with van der Waals surface area (Å²) in [4.78, 5) is 0. The minimum Gasteiger partial charge on any atom is -0.391 e. The van der Waals surface area contributed by atoms with Crippen LogP contribution < -0.4 is 0 Å². The molecule has 0 amide bonds. The Balaban J connectivity index is 2.21. The van der Waals surface area contributed by atoms with E-state index in [2.05, 4.69) is 18.2 Å². The van der Waals surface area contributed by atoms with Crippen LogP contribution in [0.3, 0.4) is 0 Å². The van der Waals surface area contributed by atoms with Crippen LogP contribution in [0.15, 0.2) is 0 Å². The maximum absolute atomic E-state index is 9.94. The summed E-state index contributed by atoms with van der Waals surface area (Å²) in [6.07, 6.45) is 5.46. The fourth-order valence-corrected chi connectivity index (χ4v) is 3.22. The van der Waals surface area contributed by atoms with Crippen LogP contribution >= 0.6 is 11.9 Å². The Hall–Kier alpha value is 0.230. The lowest BCUT2D eigenvalue weighted by molar-refractivity contribution is 0.0517. The summed E-state index contributed by atoms with van der Waals surface area (Å²) >= 11 is 1.88. The van der Waals surface area contributed by atoms with Crippen molar-refractivity contribution in [3.05, 3.63) is 0 Å². The van der Waals surface area contributed by atoms with Gasteiger partial charge in [0.15, 0.2) is 0 Å². The number of rotatable bonds is 9. The van der Waals surface area contributed by atoms with E-state index in [0.717, 1.165) is 31.7 Å². The first-order valence-corrected chi connectivity index (χ1v) is 7.89. The van der Waals surface area contributed by atoms with Gasteiger partial charge in [-0.05, 0) is 19.3 Å². The molecule has 0 radical (unpaired) electrons. The molecule has 0 aromatic rings. The number of aliphatic hydroxyl groups excluding tert-OH is 1. The Morgan fingerprint density at radius 1 is 1.29 bits per heavy atom. The molecule has 1 N–H and O–H groups in total. The van der Waals surface area contributed by atoms with E-state index < -0.39 is 0 Å². The second-order valence-electron chi connectivity index (χ2n) is 4.68. The summed E-state index contributed by atoms with van der Waals surface area (Å²) in [5.41, 5.74) is 0. The van der Waals surface area contributed by atoms with Gasteiger partial charge in [-0.3, -0.25) is 0 Å². The van der Waals surface area contributed by atoms with Gasteiger partial charge in [0.05, 0.1) is 18.8 Å². The first-order valence-electron chi connectivity index (χ1n) is 6.95. The number of ether oxygens (including phenoxy) is 1. The number of hydrogen-bond acceptors (Lipinski definition) is 4. The molecule has 102 valence electrons. The molecule has 1 saturated heterocycles. The third-order valence-electron chi connectivity index (χ3n) is 3.15.